The predicted molar refractivity (Wildman–Crippen MR) is 34.3 cm³/mol. The van der Waals surface area contributed by atoms with E-state index in [1.807, 2.05) is 0 Å². The van der Waals surface area contributed by atoms with Crippen molar-refractivity contribution in [1.29, 1.82) is 0 Å². The van der Waals surface area contributed by atoms with Crippen molar-refractivity contribution >= 4 is 20.5 Å². The van der Waals surface area contributed by atoms with Gasteiger partial charge in [-0.1, -0.05) is 0 Å². The highest BCUT2D eigenvalue weighted by molar-refractivity contribution is 7.85. The Morgan fingerprint density at radius 1 is 1.18 bits per heavy atom. The molecule has 0 fully saturated rings. The molecular formula is CH7NO7S2. The lowest BCUT2D eigenvalue weighted by Gasteiger charge is -1.83. The van der Waals surface area contributed by atoms with E-state index in [4.69, 9.17) is 17.5 Å². The van der Waals surface area contributed by atoms with Gasteiger partial charge in [0, 0.05) is 0 Å². The zero-order chi connectivity index (χ0) is 9.71. The molecule has 0 aliphatic rings. The van der Waals surface area contributed by atoms with E-state index in [1.54, 1.807) is 0 Å². The van der Waals surface area contributed by atoms with Crippen LogP contribution in [0.15, 0.2) is 0 Å². The molecule has 0 saturated heterocycles. The van der Waals surface area contributed by atoms with E-state index in [1.165, 1.54) is 0 Å². The van der Waals surface area contributed by atoms with Gasteiger partial charge in [-0.05, 0) is 0 Å². The van der Waals surface area contributed by atoms with Crippen LogP contribution in [0.4, 0.5) is 0 Å². The maximum absolute atomic E-state index is 9.65. The normalized spacial score (nSPS) is 11.6. The van der Waals surface area contributed by atoms with Crippen molar-refractivity contribution in [3.63, 3.8) is 0 Å². The maximum atomic E-state index is 9.65. The molecule has 0 amide bonds. The largest absolute Gasteiger partial charge is 0.394 e. The molecule has 0 saturated carbocycles. The van der Waals surface area contributed by atoms with Gasteiger partial charge in [0.2, 0.25) is 0 Å². The van der Waals surface area contributed by atoms with Crippen LogP contribution < -0.4 is 5.90 Å². The highest BCUT2D eigenvalue weighted by Gasteiger charge is 1.91. The number of hydrogen-bond acceptors (Lipinski definition) is 6. The SMILES string of the molecule is CS(=O)(=O)ON.O=S(=O)(O)O. The van der Waals surface area contributed by atoms with Crippen LogP contribution in [0.25, 0.3) is 0 Å². The molecular weight excluding hydrogens is 202 g/mol. The van der Waals surface area contributed by atoms with Gasteiger partial charge in [0.25, 0.3) is 10.1 Å². The van der Waals surface area contributed by atoms with Gasteiger partial charge in [-0.25, -0.2) is 0 Å². The molecule has 0 aliphatic heterocycles. The number of nitrogens with two attached hydrogens (primary N) is 1. The van der Waals surface area contributed by atoms with Crippen LogP contribution in [0.1, 0.15) is 0 Å². The summed E-state index contributed by atoms with van der Waals surface area (Å²) in [6, 6.07) is 0. The molecule has 11 heavy (non-hydrogen) atoms. The topological polar surface area (TPSA) is 144 Å². The molecule has 0 aromatic heterocycles. The molecule has 10 heteroatoms. The second-order valence-electron chi connectivity index (χ2n) is 1.25. The highest BCUT2D eigenvalue weighted by Crippen LogP contribution is 1.72. The van der Waals surface area contributed by atoms with Gasteiger partial charge in [-0.2, -0.15) is 27.0 Å². The Balaban J connectivity index is 0. The summed E-state index contributed by atoms with van der Waals surface area (Å²) in [6.07, 6.45) is 0.868. The minimum Gasteiger partial charge on any atom is -0.264 e. The standard InChI is InChI=1S/CH5NO3S.H2O4S/c1-6(3,4)5-2;1-5(2,3)4/h2H2,1H3;(H2,1,2,3,4). The smallest absolute Gasteiger partial charge is 0.264 e. The minimum atomic E-state index is -4.67. The van der Waals surface area contributed by atoms with Crippen molar-refractivity contribution in [2.75, 3.05) is 6.26 Å². The van der Waals surface area contributed by atoms with Crippen LogP contribution >= 0.6 is 0 Å². The van der Waals surface area contributed by atoms with Gasteiger partial charge in [0.15, 0.2) is 0 Å². The first kappa shape index (κ1) is 13.3. The third-order valence-corrected chi connectivity index (χ3v) is 0.524. The predicted octanol–water partition coefficient (Wildman–Crippen LogP) is -1.82. The van der Waals surface area contributed by atoms with Crippen LogP contribution in [-0.2, 0) is 24.8 Å². The molecule has 0 unspecified atom stereocenters. The van der Waals surface area contributed by atoms with Gasteiger partial charge in [0.05, 0.1) is 6.26 Å². The van der Waals surface area contributed by atoms with Crippen molar-refractivity contribution in [3.05, 3.63) is 0 Å². The minimum absolute atomic E-state index is 0.868. The Morgan fingerprint density at radius 2 is 1.27 bits per heavy atom. The molecule has 0 rings (SSSR count). The summed E-state index contributed by atoms with van der Waals surface area (Å²) in [7, 11) is -8.05. The van der Waals surface area contributed by atoms with Crippen molar-refractivity contribution in [2.45, 2.75) is 0 Å². The molecule has 0 aromatic carbocycles. The fraction of sp³-hybridized carbons (Fsp3) is 1.00. The third-order valence-electron chi connectivity index (χ3n) is 0.175. The average Bonchev–Trinajstić information content (AvgIpc) is 1.59. The first-order chi connectivity index (χ1) is 4.56. The van der Waals surface area contributed by atoms with E-state index in [2.05, 4.69) is 10.2 Å². The van der Waals surface area contributed by atoms with E-state index in [9.17, 15) is 8.42 Å². The second-order valence-corrected chi connectivity index (χ2v) is 3.74. The lowest BCUT2D eigenvalue weighted by molar-refractivity contribution is 0.337. The van der Waals surface area contributed by atoms with Crippen LogP contribution in [0.2, 0.25) is 0 Å². The maximum Gasteiger partial charge on any atom is 0.394 e. The van der Waals surface area contributed by atoms with Crippen molar-refractivity contribution < 1.29 is 30.2 Å². The van der Waals surface area contributed by atoms with E-state index < -0.39 is 20.5 Å². The fourth-order valence-electron chi connectivity index (χ4n) is 0. The van der Waals surface area contributed by atoms with Crippen LogP contribution in [0, 0.1) is 0 Å². The summed E-state index contributed by atoms with van der Waals surface area (Å²) >= 11 is 0. The van der Waals surface area contributed by atoms with E-state index in [0.717, 1.165) is 6.26 Å². The summed E-state index contributed by atoms with van der Waals surface area (Å²) < 4.78 is 54.3. The molecule has 0 aromatic rings. The zero-order valence-electron chi connectivity index (χ0n) is 5.33. The van der Waals surface area contributed by atoms with Gasteiger partial charge >= 0.3 is 10.4 Å². The van der Waals surface area contributed by atoms with Gasteiger partial charge < -0.3 is 0 Å². The Kier molecular flexibility index (Phi) is 5.56. The van der Waals surface area contributed by atoms with Gasteiger partial charge in [0.1, 0.15) is 0 Å². The Hall–Kier alpha value is -0.260. The Bertz CT molecular complexity index is 264. The molecule has 0 heterocycles. The fourth-order valence-corrected chi connectivity index (χ4v) is 0. The first-order valence-electron chi connectivity index (χ1n) is 1.84. The quantitative estimate of drug-likeness (QED) is 0.338. The summed E-state index contributed by atoms with van der Waals surface area (Å²) in [5, 5.41) is 0. The molecule has 0 bridgehead atoms. The summed E-state index contributed by atoms with van der Waals surface area (Å²) in [5.41, 5.74) is 0. The Morgan fingerprint density at radius 3 is 1.27 bits per heavy atom. The van der Waals surface area contributed by atoms with E-state index >= 15 is 0 Å². The lowest BCUT2D eigenvalue weighted by Crippen LogP contribution is -2.07. The highest BCUT2D eigenvalue weighted by atomic mass is 32.3. The van der Waals surface area contributed by atoms with Crippen LogP contribution in [0.5, 0.6) is 0 Å². The molecule has 0 radical (unpaired) electrons. The average molecular weight is 209 g/mol. The van der Waals surface area contributed by atoms with E-state index in [0.29, 0.717) is 0 Å². The zero-order valence-corrected chi connectivity index (χ0v) is 6.96. The molecule has 8 nitrogen and oxygen atoms in total. The first-order valence-corrected chi connectivity index (χ1v) is 5.06. The third kappa shape index (κ3) is 77.7. The molecule has 0 spiro atoms. The van der Waals surface area contributed by atoms with Crippen molar-refractivity contribution in [1.82, 2.24) is 0 Å². The Labute approximate surface area is 63.6 Å². The summed E-state index contributed by atoms with van der Waals surface area (Å²) in [6.45, 7) is 0. The molecule has 0 aliphatic carbocycles. The lowest BCUT2D eigenvalue weighted by atomic mass is 12.0. The van der Waals surface area contributed by atoms with Gasteiger partial charge in [-0.3, -0.25) is 9.11 Å². The summed E-state index contributed by atoms with van der Waals surface area (Å²) in [5.74, 6) is 4.22. The molecule has 0 atom stereocenters. The van der Waals surface area contributed by atoms with Crippen LogP contribution in [0.3, 0.4) is 0 Å². The number of hydrogen-bond donors (Lipinski definition) is 3. The van der Waals surface area contributed by atoms with E-state index in [-0.39, 0.29) is 0 Å². The molecule has 70 valence electrons. The van der Waals surface area contributed by atoms with Crippen molar-refractivity contribution in [3.8, 4) is 0 Å². The second kappa shape index (κ2) is 4.58. The van der Waals surface area contributed by atoms with Crippen molar-refractivity contribution in [2.24, 2.45) is 5.90 Å². The monoisotopic (exact) mass is 209 g/mol. The van der Waals surface area contributed by atoms with Crippen LogP contribution in [-0.4, -0.2) is 32.2 Å². The van der Waals surface area contributed by atoms with Gasteiger partial charge in [-0.15, -0.1) is 0 Å². The number of rotatable bonds is 1. The summed E-state index contributed by atoms with van der Waals surface area (Å²) in [4.78, 5) is 0. The molecule has 4 N–H and O–H groups in total.